The third kappa shape index (κ3) is 6.77. The van der Waals surface area contributed by atoms with Crippen LogP contribution < -0.4 is 0 Å². The van der Waals surface area contributed by atoms with Gasteiger partial charge in [-0.2, -0.15) is 0 Å². The second kappa shape index (κ2) is 16.7. The van der Waals surface area contributed by atoms with E-state index >= 15 is 0 Å². The van der Waals surface area contributed by atoms with Crippen LogP contribution in [-0.2, 0) is 20.6 Å². The first-order valence-electron chi connectivity index (χ1n) is 22.2. The van der Waals surface area contributed by atoms with Crippen LogP contribution in [0.4, 0.5) is 0 Å². The van der Waals surface area contributed by atoms with Gasteiger partial charge in [0.15, 0.2) is 0 Å². The van der Waals surface area contributed by atoms with Crippen molar-refractivity contribution in [1.82, 2.24) is 0 Å². The molecule has 8 aromatic carbocycles. The number of hydrogen-bond donors (Lipinski definition) is 0. The Balaban J connectivity index is 1.11. The summed E-state index contributed by atoms with van der Waals surface area (Å²) in [6, 6.07) is 64.3. The third-order valence-electron chi connectivity index (χ3n) is 13.3. The van der Waals surface area contributed by atoms with Crippen molar-refractivity contribution in [2.45, 2.75) is 60.0 Å². The second-order valence-corrected chi connectivity index (χ2v) is 45.2. The predicted molar refractivity (Wildman–Crippen MR) is 260 cm³/mol. The van der Waals surface area contributed by atoms with Crippen LogP contribution in [0, 0.1) is 0 Å². The maximum absolute atomic E-state index is 2.73. The molecule has 2 unspecified atom stereocenters. The van der Waals surface area contributed by atoms with Gasteiger partial charge in [-0.3, -0.25) is 0 Å². The zero-order valence-electron chi connectivity index (χ0n) is 35.4. The van der Waals surface area contributed by atoms with E-state index in [1.807, 2.05) is 0 Å². The minimum atomic E-state index is -2.60. The molecule has 0 heterocycles. The number of allylic oxidation sites excluding steroid dienone is 2. The van der Waals surface area contributed by atoms with Crippen LogP contribution >= 0.6 is 0 Å². The molecule has 0 N–H and O–H groups in total. The molecule has 0 aliphatic heterocycles. The fraction of sp³-hybridized carbons (Fsp3) is 0.172. The summed E-state index contributed by atoms with van der Waals surface area (Å²) in [6.45, 7) is 10.2. The van der Waals surface area contributed by atoms with Crippen molar-refractivity contribution in [2.75, 3.05) is 0 Å². The molecule has 0 nitrogen and oxygen atoms in total. The average Bonchev–Trinajstić information content (AvgIpc) is 3.84. The molecule has 0 saturated carbocycles. The fourth-order valence-corrected chi connectivity index (χ4v) is 43.3. The molecule has 2 aliphatic rings. The van der Waals surface area contributed by atoms with Crippen LogP contribution in [0.1, 0.15) is 69.1 Å². The minimum absolute atomic E-state index is 0.615. The first-order chi connectivity index (χ1) is 29.6. The Labute approximate surface area is 365 Å². The van der Waals surface area contributed by atoms with Gasteiger partial charge in [-0.15, -0.1) is 0 Å². The van der Waals surface area contributed by atoms with Crippen LogP contribution in [0.25, 0.3) is 78.2 Å². The fourth-order valence-electron chi connectivity index (χ4n) is 10.9. The Bertz CT molecular complexity index is 2760. The third-order valence-corrected chi connectivity index (χ3v) is 44.2. The van der Waals surface area contributed by atoms with E-state index in [1.165, 1.54) is 103 Å². The normalized spacial score (nSPS) is 15.6. The van der Waals surface area contributed by atoms with E-state index < -0.39 is 26.6 Å². The molecule has 0 fully saturated rings. The summed E-state index contributed by atoms with van der Waals surface area (Å²) in [7, 11) is 0. The number of benzene rings is 8. The van der Waals surface area contributed by atoms with Gasteiger partial charge in [0.05, 0.1) is 0 Å². The van der Waals surface area contributed by atoms with Gasteiger partial charge in [0.25, 0.3) is 0 Å². The summed E-state index contributed by atoms with van der Waals surface area (Å²) in [5, 5.41) is 5.22. The molecule has 2 aliphatic carbocycles. The monoisotopic (exact) mass is 957 g/mol. The molecule has 0 amide bonds. The molecule has 0 aromatic heterocycles. The number of hydrogen-bond acceptors (Lipinski definition) is 0. The topological polar surface area (TPSA) is 0 Å². The Morgan fingerprint density at radius 3 is 1.13 bits per heavy atom. The predicted octanol–water partition coefficient (Wildman–Crippen LogP) is 16.4. The molecule has 10 rings (SSSR count). The van der Waals surface area contributed by atoms with Crippen LogP contribution in [0.3, 0.4) is 0 Å². The van der Waals surface area contributed by atoms with Crippen molar-refractivity contribution in [1.29, 1.82) is 0 Å². The Kier molecular flexibility index (Phi) is 10.9. The summed E-state index contributed by atoms with van der Waals surface area (Å²) < 4.78 is 1.23. The number of rotatable bonds is 11. The van der Waals surface area contributed by atoms with Crippen molar-refractivity contribution in [3.63, 3.8) is 0 Å². The van der Waals surface area contributed by atoms with Crippen molar-refractivity contribution < 1.29 is 20.6 Å². The molecule has 0 saturated heterocycles. The molecular weight excluding hydrogens is 903 g/mol. The van der Waals surface area contributed by atoms with Crippen LogP contribution in [0.2, 0.25) is 13.1 Å². The molecule has 2 heteroatoms. The summed E-state index contributed by atoms with van der Waals surface area (Å²) in [4.78, 5) is 0. The summed E-state index contributed by atoms with van der Waals surface area (Å²) >= 11 is -2.60. The van der Waals surface area contributed by atoms with Crippen LogP contribution in [0.5, 0.6) is 0 Å². The van der Waals surface area contributed by atoms with Gasteiger partial charge >= 0.3 is 368 Å². The van der Waals surface area contributed by atoms with E-state index in [0.29, 0.717) is 7.35 Å². The zero-order valence-corrected chi connectivity index (χ0v) is 40.1. The molecule has 2 atom stereocenters. The maximum atomic E-state index is 2.73. The van der Waals surface area contributed by atoms with Gasteiger partial charge in [-0.1, -0.05) is 0 Å². The van der Waals surface area contributed by atoms with E-state index in [2.05, 4.69) is 209 Å². The van der Waals surface area contributed by atoms with Gasteiger partial charge in [0.2, 0.25) is 0 Å². The van der Waals surface area contributed by atoms with Crippen LogP contribution in [-0.4, -0.2) is 5.98 Å². The first kappa shape index (κ1) is 39.0. The van der Waals surface area contributed by atoms with E-state index in [9.17, 15) is 0 Å². The van der Waals surface area contributed by atoms with Gasteiger partial charge < -0.3 is 0 Å². The Morgan fingerprint density at radius 2 is 0.717 bits per heavy atom. The van der Waals surface area contributed by atoms with Crippen LogP contribution in [0.15, 0.2) is 181 Å². The molecule has 0 spiro atoms. The molecule has 8 aromatic rings. The summed E-state index contributed by atoms with van der Waals surface area (Å²) in [6.07, 6.45) is 10.1. The summed E-state index contributed by atoms with van der Waals surface area (Å²) in [5.74, 6) is -1.06. The molecule has 0 bridgehead atoms. The molecule has 293 valence electrons. The average molecular weight is 957 g/mol. The van der Waals surface area contributed by atoms with Gasteiger partial charge in [0.1, 0.15) is 0 Å². The molecule has 60 heavy (non-hydrogen) atoms. The Hall–Kier alpha value is -5.15. The van der Waals surface area contributed by atoms with Crippen molar-refractivity contribution in [2.24, 2.45) is 0 Å². The molecular formula is C58H53HfSi. The quantitative estimate of drug-likeness (QED) is 0.113. The SMILES string of the molecule is CCCC1=Cc2c(-c3ccccc3-c3cccc4ccccc34)cccc2[CH]1[Hf]([CH]1C(CCC)=Cc2c(-c3ccccc3-c3cccc4ccccc34)cccc21)[SiH](C)C. The van der Waals surface area contributed by atoms with E-state index in [0.717, 1.165) is 0 Å². The van der Waals surface area contributed by atoms with E-state index in [1.54, 1.807) is 22.3 Å². The van der Waals surface area contributed by atoms with Gasteiger partial charge in [0, 0.05) is 0 Å². The molecule has 0 radical (unpaired) electrons. The van der Waals surface area contributed by atoms with Gasteiger partial charge in [-0.05, 0) is 0 Å². The van der Waals surface area contributed by atoms with Crippen molar-refractivity contribution in [3.05, 3.63) is 203 Å². The van der Waals surface area contributed by atoms with Crippen molar-refractivity contribution in [3.8, 4) is 44.5 Å². The number of fused-ring (bicyclic) bond motifs is 4. The first-order valence-corrected chi connectivity index (χ1v) is 35.5. The second-order valence-electron chi connectivity index (χ2n) is 17.2. The van der Waals surface area contributed by atoms with E-state index in [-0.39, 0.29) is 0 Å². The van der Waals surface area contributed by atoms with Crippen molar-refractivity contribution >= 4 is 39.7 Å². The van der Waals surface area contributed by atoms with E-state index in [4.69, 9.17) is 0 Å². The standard InChI is InChI=1S/2C28H23.C2H7Si.Hf/c2*1-2-9-20-18-22-12-8-17-27(28(22)19-20)26-15-6-5-14-25(26)24-16-7-11-21-10-3-4-13-23(21)24;1-3-2;/h2*3-8,10-19H,2,9H2,1H3;3H,1-2H3;. The zero-order chi connectivity index (χ0) is 40.7. The van der Waals surface area contributed by atoms with Gasteiger partial charge in [-0.25, -0.2) is 0 Å². The Morgan fingerprint density at radius 1 is 0.383 bits per heavy atom. The summed E-state index contributed by atoms with van der Waals surface area (Å²) in [5.41, 5.74) is 20.5.